The highest BCUT2D eigenvalue weighted by Gasteiger charge is 2.30. The van der Waals surface area contributed by atoms with E-state index in [9.17, 15) is 4.79 Å². The van der Waals surface area contributed by atoms with Crippen molar-refractivity contribution in [1.29, 1.82) is 0 Å². The molecule has 3 N–H and O–H groups in total. The minimum absolute atomic E-state index is 0.0802. The molecule has 6 nitrogen and oxygen atoms in total. The first-order valence-corrected chi connectivity index (χ1v) is 6.34. The van der Waals surface area contributed by atoms with E-state index >= 15 is 0 Å². The molecular formula is C13H19N3O3. The Morgan fingerprint density at radius 3 is 3.16 bits per heavy atom. The Labute approximate surface area is 112 Å². The zero-order valence-electron chi connectivity index (χ0n) is 11.0. The highest BCUT2D eigenvalue weighted by molar-refractivity contribution is 5.96. The number of nitrogens with one attached hydrogen (secondary N) is 1. The predicted octanol–water partition coefficient (Wildman–Crippen LogP) is 1.04. The number of rotatable bonds is 4. The number of carbonyl (C=O) groups excluding carboxylic acids is 1. The second kappa shape index (κ2) is 6.49. The summed E-state index contributed by atoms with van der Waals surface area (Å²) >= 11 is 0. The molecule has 2 unspecified atom stereocenters. The van der Waals surface area contributed by atoms with Crippen LogP contribution in [0.1, 0.15) is 12.8 Å². The summed E-state index contributed by atoms with van der Waals surface area (Å²) in [6.07, 6.45) is 2.93. The molecule has 2 heterocycles. The lowest BCUT2D eigenvalue weighted by Gasteiger charge is -2.28. The van der Waals surface area contributed by atoms with Gasteiger partial charge in [-0.2, -0.15) is 0 Å². The number of anilines is 2. The number of nitrogens with two attached hydrogens (primary N) is 1. The fourth-order valence-electron chi connectivity index (χ4n) is 2.25. The molecule has 0 aromatic carbocycles. The Bertz CT molecular complexity index is 433. The van der Waals surface area contributed by atoms with Crippen LogP contribution in [0.25, 0.3) is 0 Å². The van der Waals surface area contributed by atoms with Crippen LogP contribution in [0.3, 0.4) is 0 Å². The molecule has 1 aromatic rings. The SMILES string of the molecule is COC(C(=O)Nc1cccnc1N)C1CCCOC1. The van der Waals surface area contributed by atoms with Crippen molar-refractivity contribution < 1.29 is 14.3 Å². The number of methoxy groups -OCH3 is 1. The summed E-state index contributed by atoms with van der Waals surface area (Å²) in [5.41, 5.74) is 6.20. The average molecular weight is 265 g/mol. The molecule has 1 aliphatic heterocycles. The van der Waals surface area contributed by atoms with Gasteiger partial charge in [-0.1, -0.05) is 0 Å². The Morgan fingerprint density at radius 2 is 2.53 bits per heavy atom. The van der Waals surface area contributed by atoms with Crippen LogP contribution in [0.4, 0.5) is 11.5 Å². The van der Waals surface area contributed by atoms with Crippen molar-refractivity contribution in [3.8, 4) is 0 Å². The topological polar surface area (TPSA) is 86.5 Å². The van der Waals surface area contributed by atoms with Crippen LogP contribution < -0.4 is 11.1 Å². The maximum Gasteiger partial charge on any atom is 0.253 e. The standard InChI is InChI=1S/C13H19N3O3/c1-18-11(9-4-3-7-19-8-9)13(17)16-10-5-2-6-15-12(10)14/h2,5-6,9,11H,3-4,7-8H2,1H3,(H2,14,15)(H,16,17). The summed E-state index contributed by atoms with van der Waals surface area (Å²) in [6, 6.07) is 3.43. The highest BCUT2D eigenvalue weighted by Crippen LogP contribution is 2.22. The van der Waals surface area contributed by atoms with Gasteiger partial charge in [0.15, 0.2) is 0 Å². The summed E-state index contributed by atoms with van der Waals surface area (Å²) in [7, 11) is 1.53. The van der Waals surface area contributed by atoms with Gasteiger partial charge in [0.2, 0.25) is 0 Å². The molecule has 2 rings (SSSR count). The Morgan fingerprint density at radius 1 is 1.68 bits per heavy atom. The van der Waals surface area contributed by atoms with E-state index in [1.54, 1.807) is 18.3 Å². The number of aromatic nitrogens is 1. The molecule has 2 atom stereocenters. The molecule has 19 heavy (non-hydrogen) atoms. The summed E-state index contributed by atoms with van der Waals surface area (Å²) in [5, 5.41) is 2.75. The maximum absolute atomic E-state index is 12.2. The number of pyridine rings is 1. The molecule has 1 aliphatic rings. The van der Waals surface area contributed by atoms with E-state index in [1.807, 2.05) is 0 Å². The fraction of sp³-hybridized carbons (Fsp3) is 0.538. The third-order valence-electron chi connectivity index (χ3n) is 3.23. The monoisotopic (exact) mass is 265 g/mol. The number of hydrogen-bond donors (Lipinski definition) is 2. The predicted molar refractivity (Wildman–Crippen MR) is 71.6 cm³/mol. The molecule has 0 saturated carbocycles. The van der Waals surface area contributed by atoms with Crippen molar-refractivity contribution in [3.05, 3.63) is 18.3 Å². The van der Waals surface area contributed by atoms with E-state index < -0.39 is 6.10 Å². The first kappa shape index (κ1) is 13.8. The maximum atomic E-state index is 12.2. The first-order chi connectivity index (χ1) is 9.22. The molecule has 0 spiro atoms. The van der Waals surface area contributed by atoms with Gasteiger partial charge in [-0.25, -0.2) is 4.98 Å². The fourth-order valence-corrected chi connectivity index (χ4v) is 2.25. The summed E-state index contributed by atoms with van der Waals surface area (Å²) in [4.78, 5) is 16.1. The lowest BCUT2D eigenvalue weighted by atomic mass is 9.95. The number of carbonyl (C=O) groups is 1. The van der Waals surface area contributed by atoms with Crippen LogP contribution in [0.15, 0.2) is 18.3 Å². The average Bonchev–Trinajstić information content (AvgIpc) is 2.43. The van der Waals surface area contributed by atoms with Crippen LogP contribution in [0.5, 0.6) is 0 Å². The van der Waals surface area contributed by atoms with Crippen molar-refractivity contribution >= 4 is 17.4 Å². The lowest BCUT2D eigenvalue weighted by Crippen LogP contribution is -2.40. The van der Waals surface area contributed by atoms with Gasteiger partial charge >= 0.3 is 0 Å². The molecule has 1 amide bonds. The number of hydrogen-bond acceptors (Lipinski definition) is 5. The van der Waals surface area contributed by atoms with Crippen molar-refractivity contribution in [2.75, 3.05) is 31.4 Å². The van der Waals surface area contributed by atoms with E-state index in [-0.39, 0.29) is 11.8 Å². The van der Waals surface area contributed by atoms with Gasteiger partial charge < -0.3 is 20.5 Å². The minimum atomic E-state index is -0.528. The van der Waals surface area contributed by atoms with Crippen LogP contribution in [0, 0.1) is 5.92 Å². The molecule has 0 bridgehead atoms. The van der Waals surface area contributed by atoms with Gasteiger partial charge in [0.1, 0.15) is 11.9 Å². The Hall–Kier alpha value is -1.66. The zero-order valence-corrected chi connectivity index (χ0v) is 11.0. The summed E-state index contributed by atoms with van der Waals surface area (Å²) < 4.78 is 10.7. The lowest BCUT2D eigenvalue weighted by molar-refractivity contribution is -0.132. The molecule has 104 valence electrons. The van der Waals surface area contributed by atoms with Gasteiger partial charge in [0.25, 0.3) is 5.91 Å². The quantitative estimate of drug-likeness (QED) is 0.849. The smallest absolute Gasteiger partial charge is 0.253 e. The third kappa shape index (κ3) is 3.42. The number of ether oxygens (including phenoxy) is 2. The summed E-state index contributed by atoms with van der Waals surface area (Å²) in [5.74, 6) is 0.167. The number of nitrogen functional groups attached to an aromatic ring is 1. The van der Waals surface area contributed by atoms with Crippen molar-refractivity contribution in [3.63, 3.8) is 0 Å². The Balaban J connectivity index is 2.02. The zero-order chi connectivity index (χ0) is 13.7. The molecule has 1 saturated heterocycles. The molecule has 1 aromatic heterocycles. The third-order valence-corrected chi connectivity index (χ3v) is 3.23. The highest BCUT2D eigenvalue weighted by atomic mass is 16.5. The van der Waals surface area contributed by atoms with Crippen LogP contribution in [-0.4, -0.2) is 37.3 Å². The van der Waals surface area contributed by atoms with Gasteiger partial charge in [-0.3, -0.25) is 4.79 Å². The Kier molecular flexibility index (Phi) is 4.70. The normalized spacial score (nSPS) is 20.8. The molecule has 6 heteroatoms. The van der Waals surface area contributed by atoms with E-state index in [4.69, 9.17) is 15.2 Å². The van der Waals surface area contributed by atoms with Gasteiger partial charge in [0.05, 0.1) is 12.3 Å². The van der Waals surface area contributed by atoms with E-state index in [0.29, 0.717) is 18.1 Å². The van der Waals surface area contributed by atoms with Crippen molar-refractivity contribution in [1.82, 2.24) is 4.98 Å². The molecular weight excluding hydrogens is 246 g/mol. The molecule has 1 fully saturated rings. The minimum Gasteiger partial charge on any atom is -0.382 e. The van der Waals surface area contributed by atoms with Crippen LogP contribution >= 0.6 is 0 Å². The molecule has 0 radical (unpaired) electrons. The summed E-state index contributed by atoms with van der Waals surface area (Å²) in [6.45, 7) is 1.30. The largest absolute Gasteiger partial charge is 0.382 e. The second-order valence-corrected chi connectivity index (χ2v) is 4.56. The van der Waals surface area contributed by atoms with E-state index in [1.165, 1.54) is 7.11 Å². The first-order valence-electron chi connectivity index (χ1n) is 6.34. The van der Waals surface area contributed by atoms with Gasteiger partial charge in [-0.05, 0) is 25.0 Å². The van der Waals surface area contributed by atoms with Gasteiger partial charge in [-0.15, -0.1) is 0 Å². The molecule has 0 aliphatic carbocycles. The second-order valence-electron chi connectivity index (χ2n) is 4.56. The number of amides is 1. The van der Waals surface area contributed by atoms with Gasteiger partial charge in [0, 0.05) is 25.8 Å². The van der Waals surface area contributed by atoms with E-state index in [0.717, 1.165) is 19.4 Å². The van der Waals surface area contributed by atoms with Crippen LogP contribution in [0.2, 0.25) is 0 Å². The van der Waals surface area contributed by atoms with E-state index in [2.05, 4.69) is 10.3 Å². The van der Waals surface area contributed by atoms with Crippen molar-refractivity contribution in [2.45, 2.75) is 18.9 Å². The number of nitrogens with zero attached hydrogens (tertiary/aromatic N) is 1. The van der Waals surface area contributed by atoms with Crippen LogP contribution in [-0.2, 0) is 14.3 Å². The van der Waals surface area contributed by atoms with Crippen molar-refractivity contribution in [2.24, 2.45) is 5.92 Å².